The minimum atomic E-state index is -2.70. The third-order valence-corrected chi connectivity index (χ3v) is 5.14. The Morgan fingerprint density at radius 3 is 2.23 bits per heavy atom. The number of nitrogens with two attached hydrogens (primary N) is 2. The molecular weight excluding hydrogens is 424 g/mol. The average molecular weight is 448 g/mol. The number of anilines is 1. The molecule has 2 heterocycles. The Hall–Kier alpha value is -2.63. The molecule has 0 aromatic carbocycles. The molecule has 0 bridgehead atoms. The molecule has 5 N–H and O–H groups in total. The van der Waals surface area contributed by atoms with Crippen LogP contribution in [0.3, 0.4) is 0 Å². The Kier molecular flexibility index (Phi) is 6.05. The molecule has 0 spiro atoms. The average Bonchev–Trinajstić information content (AvgIpc) is 3.39. The van der Waals surface area contributed by atoms with E-state index in [-0.39, 0.29) is 31.1 Å². The largest absolute Gasteiger partial charge is 0.477 e. The van der Waals surface area contributed by atoms with E-state index in [1.807, 2.05) is 0 Å². The van der Waals surface area contributed by atoms with Gasteiger partial charge < -0.3 is 26.2 Å². The van der Waals surface area contributed by atoms with Gasteiger partial charge in [-0.15, -0.1) is 0 Å². The molecule has 3 fully saturated rings. The topological polar surface area (TPSA) is 132 Å². The van der Waals surface area contributed by atoms with Gasteiger partial charge in [0.2, 0.25) is 11.8 Å². The van der Waals surface area contributed by atoms with E-state index in [1.165, 1.54) is 17.0 Å². The van der Waals surface area contributed by atoms with Crippen LogP contribution in [0.15, 0.2) is 12.1 Å². The van der Waals surface area contributed by atoms with E-state index in [1.54, 1.807) is 0 Å². The van der Waals surface area contributed by atoms with Gasteiger partial charge in [0.25, 0.3) is 11.8 Å². The first-order valence-corrected chi connectivity index (χ1v) is 9.73. The van der Waals surface area contributed by atoms with E-state index < -0.39 is 42.1 Å². The van der Waals surface area contributed by atoms with Crippen molar-refractivity contribution >= 4 is 17.6 Å². The quantitative estimate of drug-likeness (QED) is 0.544. The van der Waals surface area contributed by atoms with Crippen molar-refractivity contribution in [3.05, 3.63) is 17.8 Å². The van der Waals surface area contributed by atoms with Crippen LogP contribution < -0.4 is 21.1 Å². The lowest BCUT2D eigenvalue weighted by Crippen LogP contribution is -2.59. The van der Waals surface area contributed by atoms with Crippen LogP contribution in [0.4, 0.5) is 23.2 Å². The molecule has 2 aliphatic carbocycles. The lowest BCUT2D eigenvalue weighted by atomic mass is 9.72. The monoisotopic (exact) mass is 448 g/mol. The van der Waals surface area contributed by atoms with Crippen LogP contribution in [-0.4, -0.2) is 59.0 Å². The van der Waals surface area contributed by atoms with Gasteiger partial charge in [-0.3, -0.25) is 4.79 Å². The van der Waals surface area contributed by atoms with Gasteiger partial charge in [-0.2, -0.15) is 0 Å². The number of ether oxygens (including phenoxy) is 1. The number of hydrogen-bond acceptors (Lipinski definition) is 6. The number of carbonyl (C=O) groups excluding carboxylic acids is 1. The summed E-state index contributed by atoms with van der Waals surface area (Å²) in [6.07, 6.45) is 1.15. The van der Waals surface area contributed by atoms with Gasteiger partial charge in [-0.25, -0.2) is 27.3 Å². The second kappa shape index (κ2) is 8.13. The zero-order valence-electron chi connectivity index (χ0n) is 16.6. The lowest BCUT2D eigenvalue weighted by Gasteiger charge is -2.43. The van der Waals surface area contributed by atoms with Crippen molar-refractivity contribution in [2.45, 2.75) is 49.5 Å². The van der Waals surface area contributed by atoms with Gasteiger partial charge in [-0.05, 0) is 30.9 Å². The Bertz CT molecular complexity index is 847. The standard InChI is InChI=1S/C13H14F2N2O3.C6H10F2N2O/c14-13(15)6-17(7-13)10-4-3-9(12(18)19)16-11(10)20-5-8-1-2-8;7-6(8)2-5(10,3-6)1-4(9)11/h3-4,8H,1-2,5-7H2,(H,18,19);1-3,10H2,(H2,9,11). The number of carboxylic acids is 1. The normalized spacial score (nSPS) is 22.3. The smallest absolute Gasteiger partial charge is 0.354 e. The molecule has 0 unspecified atom stereocenters. The Labute approximate surface area is 175 Å². The van der Waals surface area contributed by atoms with E-state index in [0.717, 1.165) is 12.8 Å². The van der Waals surface area contributed by atoms with Gasteiger partial charge in [0, 0.05) is 24.8 Å². The highest BCUT2D eigenvalue weighted by molar-refractivity contribution is 5.86. The fraction of sp³-hybridized carbons (Fsp3) is 0.632. The van der Waals surface area contributed by atoms with E-state index >= 15 is 0 Å². The third kappa shape index (κ3) is 6.18. The second-order valence-electron chi connectivity index (χ2n) is 8.51. The summed E-state index contributed by atoms with van der Waals surface area (Å²) < 4.78 is 55.9. The number of aromatic carboxylic acids is 1. The van der Waals surface area contributed by atoms with E-state index in [0.29, 0.717) is 18.2 Å². The van der Waals surface area contributed by atoms with Gasteiger partial charge >= 0.3 is 5.97 Å². The SMILES string of the molecule is NC(=O)CC1(N)CC(F)(F)C1.O=C(O)c1ccc(N2CC(F)(F)C2)c(OCC2CC2)n1. The zero-order valence-corrected chi connectivity index (χ0v) is 16.6. The number of halogens is 4. The second-order valence-corrected chi connectivity index (χ2v) is 8.51. The number of aromatic nitrogens is 1. The van der Waals surface area contributed by atoms with E-state index in [4.69, 9.17) is 21.3 Å². The number of primary amides is 1. The van der Waals surface area contributed by atoms with Crippen LogP contribution in [0.1, 0.15) is 42.6 Å². The van der Waals surface area contributed by atoms with Crippen molar-refractivity contribution < 1.29 is 37.0 Å². The summed E-state index contributed by atoms with van der Waals surface area (Å²) in [5.41, 5.74) is 9.45. The number of hydrogen-bond donors (Lipinski definition) is 3. The first-order valence-electron chi connectivity index (χ1n) is 9.73. The summed E-state index contributed by atoms with van der Waals surface area (Å²) >= 11 is 0. The first kappa shape index (κ1) is 23.0. The van der Waals surface area contributed by atoms with Gasteiger partial charge in [-0.1, -0.05) is 0 Å². The molecule has 0 radical (unpaired) electrons. The van der Waals surface area contributed by atoms with E-state index in [9.17, 15) is 27.2 Å². The fourth-order valence-electron chi connectivity index (χ4n) is 3.51. The molecule has 1 aromatic rings. The van der Waals surface area contributed by atoms with Crippen LogP contribution >= 0.6 is 0 Å². The molecule has 31 heavy (non-hydrogen) atoms. The predicted octanol–water partition coefficient (Wildman–Crippen LogP) is 2.01. The Morgan fingerprint density at radius 2 is 1.77 bits per heavy atom. The molecular formula is C19H24F4N4O4. The summed E-state index contributed by atoms with van der Waals surface area (Å²) in [4.78, 5) is 26.6. The summed E-state index contributed by atoms with van der Waals surface area (Å²) in [5.74, 6) is -6.57. The van der Waals surface area contributed by atoms with Crippen molar-refractivity contribution in [3.63, 3.8) is 0 Å². The summed E-state index contributed by atoms with van der Waals surface area (Å²) in [6, 6.07) is 2.78. The summed E-state index contributed by atoms with van der Waals surface area (Å²) in [5, 5.41) is 8.93. The minimum Gasteiger partial charge on any atom is -0.477 e. The number of nitrogens with zero attached hydrogens (tertiary/aromatic N) is 2. The number of alkyl halides is 4. The molecule has 1 amide bonds. The van der Waals surface area contributed by atoms with Crippen molar-refractivity contribution in [1.29, 1.82) is 0 Å². The lowest BCUT2D eigenvalue weighted by molar-refractivity contribution is -0.137. The molecule has 8 nitrogen and oxygen atoms in total. The molecule has 3 aliphatic rings. The molecule has 1 aromatic heterocycles. The molecule has 1 aliphatic heterocycles. The summed E-state index contributed by atoms with van der Waals surface area (Å²) in [6.45, 7) is -0.324. The number of carboxylic acid groups (broad SMARTS) is 1. The maximum absolute atomic E-state index is 12.9. The highest BCUT2D eigenvalue weighted by Gasteiger charge is 2.54. The minimum absolute atomic E-state index is 0.132. The number of pyridine rings is 1. The highest BCUT2D eigenvalue weighted by atomic mass is 19.3. The molecule has 1 saturated heterocycles. The molecule has 12 heteroatoms. The number of rotatable bonds is 7. The van der Waals surface area contributed by atoms with Crippen molar-refractivity contribution in [3.8, 4) is 5.88 Å². The third-order valence-electron chi connectivity index (χ3n) is 5.14. The van der Waals surface area contributed by atoms with Gasteiger partial charge in [0.15, 0.2) is 5.69 Å². The zero-order chi connectivity index (χ0) is 23.0. The van der Waals surface area contributed by atoms with Crippen molar-refractivity contribution in [2.24, 2.45) is 17.4 Å². The Balaban J connectivity index is 0.000000210. The summed E-state index contributed by atoms with van der Waals surface area (Å²) in [7, 11) is 0. The molecule has 0 atom stereocenters. The first-order chi connectivity index (χ1) is 14.3. The van der Waals surface area contributed by atoms with Crippen LogP contribution in [0.5, 0.6) is 5.88 Å². The fourth-order valence-corrected chi connectivity index (χ4v) is 3.51. The van der Waals surface area contributed by atoms with E-state index in [2.05, 4.69) is 4.98 Å². The molecule has 172 valence electrons. The Morgan fingerprint density at radius 1 is 1.16 bits per heavy atom. The van der Waals surface area contributed by atoms with Crippen LogP contribution in [0, 0.1) is 5.92 Å². The molecule has 2 saturated carbocycles. The highest BCUT2D eigenvalue weighted by Crippen LogP contribution is 2.45. The van der Waals surface area contributed by atoms with Gasteiger partial charge in [0.1, 0.15) is 5.69 Å². The van der Waals surface area contributed by atoms with Crippen LogP contribution in [0.2, 0.25) is 0 Å². The number of amides is 1. The maximum Gasteiger partial charge on any atom is 0.354 e. The van der Waals surface area contributed by atoms with Crippen molar-refractivity contribution in [1.82, 2.24) is 4.98 Å². The molecule has 4 rings (SSSR count). The van der Waals surface area contributed by atoms with Gasteiger partial charge in [0.05, 0.1) is 19.7 Å². The van der Waals surface area contributed by atoms with Crippen molar-refractivity contribution in [2.75, 3.05) is 24.6 Å². The van der Waals surface area contributed by atoms with Crippen LogP contribution in [0.25, 0.3) is 0 Å². The maximum atomic E-state index is 12.9. The predicted molar refractivity (Wildman–Crippen MR) is 101 cm³/mol. The number of carbonyl (C=O) groups is 2. The van der Waals surface area contributed by atoms with Crippen LogP contribution in [-0.2, 0) is 4.79 Å².